The van der Waals surface area contributed by atoms with Gasteiger partial charge in [0.25, 0.3) is 0 Å². The second kappa shape index (κ2) is 8.91. The van der Waals surface area contributed by atoms with Gasteiger partial charge in [0, 0.05) is 40.3 Å². The summed E-state index contributed by atoms with van der Waals surface area (Å²) in [7, 11) is 0. The molecule has 0 saturated heterocycles. The summed E-state index contributed by atoms with van der Waals surface area (Å²) in [6.07, 6.45) is 0. The van der Waals surface area contributed by atoms with Gasteiger partial charge in [0.1, 0.15) is 0 Å². The summed E-state index contributed by atoms with van der Waals surface area (Å²) in [6, 6.07) is 46.9. The van der Waals surface area contributed by atoms with Gasteiger partial charge in [0.15, 0.2) is 0 Å². The van der Waals surface area contributed by atoms with E-state index in [1.807, 2.05) is 22.7 Å². The Kier molecular flexibility index (Phi) is 5.19. The Balaban J connectivity index is 1.43. The molecule has 0 aliphatic heterocycles. The third kappa shape index (κ3) is 3.64. The summed E-state index contributed by atoms with van der Waals surface area (Å²) < 4.78 is 5.36. The van der Waals surface area contributed by atoms with E-state index in [2.05, 4.69) is 134 Å². The van der Waals surface area contributed by atoms with Crippen molar-refractivity contribution in [3.05, 3.63) is 133 Å². The molecule has 0 unspecified atom stereocenters. The van der Waals surface area contributed by atoms with Gasteiger partial charge >= 0.3 is 0 Å². The van der Waals surface area contributed by atoms with Crippen LogP contribution in [0.4, 0.5) is 0 Å². The van der Waals surface area contributed by atoms with E-state index in [4.69, 9.17) is 0 Å². The third-order valence-electron chi connectivity index (χ3n) is 7.89. The van der Waals surface area contributed by atoms with Crippen molar-refractivity contribution in [3.8, 4) is 33.4 Å². The highest BCUT2D eigenvalue weighted by Gasteiger charge is 2.16. The predicted octanol–water partition coefficient (Wildman–Crippen LogP) is 11.7. The van der Waals surface area contributed by atoms with E-state index >= 15 is 0 Å². The molecular formula is C37H24S2. The minimum absolute atomic E-state index is 1.25. The molecular weight excluding hydrogens is 509 g/mol. The van der Waals surface area contributed by atoms with Crippen molar-refractivity contribution in [3.63, 3.8) is 0 Å². The van der Waals surface area contributed by atoms with E-state index < -0.39 is 0 Å². The van der Waals surface area contributed by atoms with Gasteiger partial charge in [-0.3, -0.25) is 0 Å². The maximum absolute atomic E-state index is 2.42. The van der Waals surface area contributed by atoms with Gasteiger partial charge < -0.3 is 0 Å². The zero-order chi connectivity index (χ0) is 25.9. The molecule has 0 atom stereocenters. The number of hydrogen-bond donors (Lipinski definition) is 0. The minimum Gasteiger partial charge on any atom is -0.135 e. The Morgan fingerprint density at radius 2 is 1.00 bits per heavy atom. The predicted molar refractivity (Wildman–Crippen MR) is 173 cm³/mol. The van der Waals surface area contributed by atoms with E-state index in [0.717, 1.165) is 0 Å². The smallest absolute Gasteiger partial charge is 0.0361 e. The molecule has 2 aromatic heterocycles. The number of thiophene rings is 2. The lowest BCUT2D eigenvalue weighted by molar-refractivity contribution is 1.45. The zero-order valence-electron chi connectivity index (χ0n) is 21.4. The van der Waals surface area contributed by atoms with Gasteiger partial charge in [0.2, 0.25) is 0 Å². The van der Waals surface area contributed by atoms with Crippen molar-refractivity contribution in [2.24, 2.45) is 0 Å². The number of hydrogen-bond acceptors (Lipinski definition) is 2. The average Bonchev–Trinajstić information content (AvgIpc) is 3.56. The van der Waals surface area contributed by atoms with Crippen LogP contribution in [0.5, 0.6) is 0 Å². The summed E-state index contributed by atoms with van der Waals surface area (Å²) in [6.45, 7) is 2.28. The maximum atomic E-state index is 2.42. The molecule has 0 saturated carbocycles. The molecule has 0 nitrogen and oxygen atoms in total. The highest BCUT2D eigenvalue weighted by atomic mass is 32.1. The Morgan fingerprint density at radius 3 is 1.82 bits per heavy atom. The molecule has 0 N–H and O–H groups in total. The summed E-state index contributed by atoms with van der Waals surface area (Å²) in [5.74, 6) is 0. The lowest BCUT2D eigenvalue weighted by Gasteiger charge is -2.17. The number of benzene rings is 6. The van der Waals surface area contributed by atoms with Crippen molar-refractivity contribution >= 4 is 63.0 Å². The normalized spacial score (nSPS) is 11.7. The first kappa shape index (κ1) is 22.7. The SMILES string of the molecule is Cc1c(-c2ccccc2)cc(-c2cccc3sc4ccccc4c23)cc1-c1ccc2sc3ccccc3c2c1. The summed E-state index contributed by atoms with van der Waals surface area (Å²) >= 11 is 3.75. The largest absolute Gasteiger partial charge is 0.135 e. The molecule has 0 radical (unpaired) electrons. The van der Waals surface area contributed by atoms with Crippen LogP contribution in [0, 0.1) is 6.92 Å². The molecule has 39 heavy (non-hydrogen) atoms. The highest BCUT2D eigenvalue weighted by molar-refractivity contribution is 7.26. The van der Waals surface area contributed by atoms with E-state index in [1.54, 1.807) is 0 Å². The molecule has 8 rings (SSSR count). The van der Waals surface area contributed by atoms with E-state index in [-0.39, 0.29) is 0 Å². The van der Waals surface area contributed by atoms with Crippen molar-refractivity contribution < 1.29 is 0 Å². The van der Waals surface area contributed by atoms with Crippen LogP contribution < -0.4 is 0 Å². The first-order valence-corrected chi connectivity index (χ1v) is 14.9. The van der Waals surface area contributed by atoms with Gasteiger partial charge in [-0.15, -0.1) is 22.7 Å². The van der Waals surface area contributed by atoms with Crippen LogP contribution in [-0.2, 0) is 0 Å². The van der Waals surface area contributed by atoms with Gasteiger partial charge in [-0.1, -0.05) is 84.9 Å². The van der Waals surface area contributed by atoms with Gasteiger partial charge in [0.05, 0.1) is 0 Å². The Labute approximate surface area is 235 Å². The van der Waals surface area contributed by atoms with Crippen molar-refractivity contribution in [2.45, 2.75) is 6.92 Å². The lowest BCUT2D eigenvalue weighted by atomic mass is 9.87. The molecule has 0 bridgehead atoms. The minimum atomic E-state index is 1.25. The fraction of sp³-hybridized carbons (Fsp3) is 0.0270. The van der Waals surface area contributed by atoms with E-state index in [1.165, 1.54) is 79.3 Å². The molecule has 0 aliphatic carbocycles. The second-order valence-electron chi connectivity index (χ2n) is 10.1. The molecule has 0 aliphatic rings. The van der Waals surface area contributed by atoms with Crippen molar-refractivity contribution in [2.75, 3.05) is 0 Å². The molecule has 0 amide bonds. The molecule has 0 fully saturated rings. The molecule has 8 aromatic rings. The quantitative estimate of drug-likeness (QED) is 0.212. The van der Waals surface area contributed by atoms with Crippen LogP contribution in [0.25, 0.3) is 73.7 Å². The highest BCUT2D eigenvalue weighted by Crippen LogP contribution is 2.44. The van der Waals surface area contributed by atoms with Crippen LogP contribution in [0.3, 0.4) is 0 Å². The summed E-state index contributed by atoms with van der Waals surface area (Å²) in [5, 5.41) is 5.37. The van der Waals surface area contributed by atoms with Gasteiger partial charge in [-0.05, 0) is 88.3 Å². The summed E-state index contributed by atoms with van der Waals surface area (Å²) in [4.78, 5) is 0. The van der Waals surface area contributed by atoms with Crippen LogP contribution in [0.15, 0.2) is 127 Å². The van der Waals surface area contributed by atoms with Crippen molar-refractivity contribution in [1.82, 2.24) is 0 Å². The van der Waals surface area contributed by atoms with Crippen LogP contribution in [0.2, 0.25) is 0 Å². The maximum Gasteiger partial charge on any atom is 0.0361 e. The first-order chi connectivity index (χ1) is 19.2. The fourth-order valence-electron chi connectivity index (χ4n) is 6.00. The van der Waals surface area contributed by atoms with Crippen LogP contribution >= 0.6 is 22.7 Å². The zero-order valence-corrected chi connectivity index (χ0v) is 23.1. The fourth-order valence-corrected chi connectivity index (χ4v) is 8.21. The molecule has 2 heterocycles. The number of fused-ring (bicyclic) bond motifs is 6. The van der Waals surface area contributed by atoms with Crippen LogP contribution in [-0.4, -0.2) is 0 Å². The molecule has 6 aromatic carbocycles. The van der Waals surface area contributed by atoms with Crippen LogP contribution in [0.1, 0.15) is 5.56 Å². The Hall–Kier alpha value is -4.24. The lowest BCUT2D eigenvalue weighted by Crippen LogP contribution is -1.92. The van der Waals surface area contributed by atoms with E-state index in [0.29, 0.717) is 0 Å². The molecule has 0 spiro atoms. The Morgan fingerprint density at radius 1 is 0.385 bits per heavy atom. The average molecular weight is 533 g/mol. The first-order valence-electron chi connectivity index (χ1n) is 13.3. The summed E-state index contributed by atoms with van der Waals surface area (Å²) in [5.41, 5.74) is 8.97. The third-order valence-corrected chi connectivity index (χ3v) is 10.2. The molecule has 2 heteroatoms. The van der Waals surface area contributed by atoms with Gasteiger partial charge in [-0.25, -0.2) is 0 Å². The van der Waals surface area contributed by atoms with E-state index in [9.17, 15) is 0 Å². The molecule has 184 valence electrons. The van der Waals surface area contributed by atoms with Crippen molar-refractivity contribution in [1.29, 1.82) is 0 Å². The Bertz CT molecular complexity index is 2180. The monoisotopic (exact) mass is 532 g/mol. The number of rotatable bonds is 3. The second-order valence-corrected chi connectivity index (χ2v) is 12.3. The topological polar surface area (TPSA) is 0 Å². The standard InChI is InChI=1S/C37H24S2/c1-23-30(24-10-3-2-4-11-24)21-26(27-14-9-17-36-37(27)29-13-6-8-16-34(29)39-36)22-31(23)25-18-19-35-32(20-25)28-12-5-7-15-33(28)38-35/h2-22H,1H3. The van der Waals surface area contributed by atoms with Gasteiger partial charge in [-0.2, -0.15) is 0 Å².